The zero-order valence-corrected chi connectivity index (χ0v) is 10.0. The molecule has 1 amide bonds. The van der Waals surface area contributed by atoms with E-state index in [9.17, 15) is 18.0 Å². The van der Waals surface area contributed by atoms with Crippen LogP contribution in [0.2, 0.25) is 0 Å². The van der Waals surface area contributed by atoms with Crippen LogP contribution in [-0.4, -0.2) is 36.2 Å². The highest BCUT2D eigenvalue weighted by atomic mass is 19.4. The Morgan fingerprint density at radius 3 is 2.71 bits per heavy atom. The summed E-state index contributed by atoms with van der Waals surface area (Å²) in [6.07, 6.45) is -2.54. The summed E-state index contributed by atoms with van der Waals surface area (Å²) in [7, 11) is 0. The Bertz CT molecular complexity index is 256. The van der Waals surface area contributed by atoms with Crippen LogP contribution in [0.4, 0.5) is 13.2 Å². The van der Waals surface area contributed by atoms with Crippen LogP contribution >= 0.6 is 0 Å². The van der Waals surface area contributed by atoms with Gasteiger partial charge in [-0.1, -0.05) is 13.3 Å². The molecule has 1 rings (SSSR count). The van der Waals surface area contributed by atoms with Crippen molar-refractivity contribution in [2.24, 2.45) is 0 Å². The monoisotopic (exact) mass is 252 g/mol. The molecule has 0 radical (unpaired) electrons. The second-order valence-electron chi connectivity index (χ2n) is 4.34. The third kappa shape index (κ3) is 4.93. The molecule has 1 fully saturated rings. The Morgan fingerprint density at radius 2 is 2.12 bits per heavy atom. The molecule has 1 atom stereocenters. The van der Waals surface area contributed by atoms with Crippen LogP contribution in [0, 0.1) is 0 Å². The molecule has 0 aromatic rings. The number of halogens is 3. The maximum atomic E-state index is 11.9. The van der Waals surface area contributed by atoms with Gasteiger partial charge < -0.3 is 4.90 Å². The van der Waals surface area contributed by atoms with Crippen LogP contribution in [-0.2, 0) is 4.79 Å². The molecule has 17 heavy (non-hydrogen) atoms. The van der Waals surface area contributed by atoms with E-state index in [4.69, 9.17) is 0 Å². The van der Waals surface area contributed by atoms with Crippen LogP contribution < -0.4 is 5.32 Å². The van der Waals surface area contributed by atoms with Crippen molar-refractivity contribution in [3.8, 4) is 0 Å². The summed E-state index contributed by atoms with van der Waals surface area (Å²) in [5, 5.41) is 3.07. The van der Waals surface area contributed by atoms with Gasteiger partial charge in [-0.2, -0.15) is 13.2 Å². The van der Waals surface area contributed by atoms with Crippen LogP contribution in [0.3, 0.4) is 0 Å². The quantitative estimate of drug-likeness (QED) is 0.735. The summed E-state index contributed by atoms with van der Waals surface area (Å²) in [5.74, 6) is -0.00420. The van der Waals surface area contributed by atoms with Crippen molar-refractivity contribution < 1.29 is 18.0 Å². The molecule has 1 saturated heterocycles. The average molecular weight is 252 g/mol. The van der Waals surface area contributed by atoms with Crippen molar-refractivity contribution in [3.63, 3.8) is 0 Å². The Labute approximate surface area is 99.4 Å². The Morgan fingerprint density at radius 1 is 1.41 bits per heavy atom. The van der Waals surface area contributed by atoms with Gasteiger partial charge >= 0.3 is 6.18 Å². The van der Waals surface area contributed by atoms with Crippen LogP contribution in [0.5, 0.6) is 0 Å². The van der Waals surface area contributed by atoms with Crippen molar-refractivity contribution in [3.05, 3.63) is 0 Å². The number of nitrogens with zero attached hydrogens (tertiary/aromatic N) is 1. The van der Waals surface area contributed by atoms with Crippen molar-refractivity contribution in [2.45, 2.75) is 51.4 Å². The minimum Gasteiger partial charge on any atom is -0.326 e. The van der Waals surface area contributed by atoms with Gasteiger partial charge in [0.25, 0.3) is 0 Å². The predicted molar refractivity (Wildman–Crippen MR) is 58.3 cm³/mol. The first-order valence-corrected chi connectivity index (χ1v) is 6.03. The number of carbonyl (C=O) groups excluding carboxylic acids is 1. The lowest BCUT2D eigenvalue weighted by molar-refractivity contribution is -0.136. The highest BCUT2D eigenvalue weighted by molar-refractivity contribution is 5.80. The highest BCUT2D eigenvalue weighted by Gasteiger charge is 2.30. The smallest absolute Gasteiger partial charge is 0.326 e. The molecule has 0 aromatic carbocycles. The fourth-order valence-electron chi connectivity index (χ4n) is 2.01. The summed E-state index contributed by atoms with van der Waals surface area (Å²) < 4.78 is 35.8. The van der Waals surface area contributed by atoms with Crippen LogP contribution in [0.25, 0.3) is 0 Å². The number of carbonyl (C=O) groups is 1. The lowest BCUT2D eigenvalue weighted by Gasteiger charge is -2.24. The van der Waals surface area contributed by atoms with Gasteiger partial charge in [0, 0.05) is 13.0 Å². The Balaban J connectivity index is 2.26. The summed E-state index contributed by atoms with van der Waals surface area (Å²) in [6, 6.07) is 0. The minimum atomic E-state index is -4.09. The molecule has 1 heterocycles. The zero-order chi connectivity index (χ0) is 12.9. The van der Waals surface area contributed by atoms with E-state index in [-0.39, 0.29) is 18.5 Å². The second kappa shape index (κ2) is 6.23. The number of unbranched alkanes of at least 4 members (excludes halogenated alkanes) is 1. The van der Waals surface area contributed by atoms with Gasteiger partial charge in [0.15, 0.2) is 0 Å². The Kier molecular flexibility index (Phi) is 5.24. The largest absolute Gasteiger partial charge is 0.389 e. The molecule has 100 valence electrons. The van der Waals surface area contributed by atoms with E-state index < -0.39 is 12.6 Å². The molecule has 3 nitrogen and oxygen atoms in total. The van der Waals surface area contributed by atoms with Crippen molar-refractivity contribution in [1.82, 2.24) is 10.2 Å². The van der Waals surface area contributed by atoms with Crippen LogP contribution in [0.1, 0.15) is 39.0 Å². The number of rotatable bonds is 6. The molecule has 0 spiro atoms. The van der Waals surface area contributed by atoms with E-state index >= 15 is 0 Å². The van der Waals surface area contributed by atoms with Crippen molar-refractivity contribution in [2.75, 3.05) is 13.1 Å². The standard InChI is InChI=1S/C11H19F3N2O/c1-2-5-9-15-8-10(17)16(9)7-4-3-6-11(12,13)14/h9,15H,2-8H2,1H3. The lowest BCUT2D eigenvalue weighted by Crippen LogP contribution is -2.37. The number of amides is 1. The molecule has 1 unspecified atom stereocenters. The summed E-state index contributed by atoms with van der Waals surface area (Å²) in [5.41, 5.74) is 0. The number of hydrogen-bond donors (Lipinski definition) is 1. The number of hydrogen-bond acceptors (Lipinski definition) is 2. The van der Waals surface area contributed by atoms with E-state index in [1.807, 2.05) is 6.92 Å². The molecule has 1 aliphatic heterocycles. The molecule has 1 aliphatic rings. The summed E-state index contributed by atoms with van der Waals surface area (Å²) in [6.45, 7) is 2.75. The molecule has 0 aromatic heterocycles. The molecule has 1 N–H and O–H groups in total. The minimum absolute atomic E-state index is 0.00420. The Hall–Kier alpha value is -0.780. The number of alkyl halides is 3. The maximum absolute atomic E-state index is 11.9. The van der Waals surface area contributed by atoms with Gasteiger partial charge in [-0.3, -0.25) is 10.1 Å². The van der Waals surface area contributed by atoms with E-state index in [0.29, 0.717) is 19.5 Å². The van der Waals surface area contributed by atoms with E-state index in [2.05, 4.69) is 5.32 Å². The van der Waals surface area contributed by atoms with E-state index in [0.717, 1.165) is 12.8 Å². The number of nitrogens with one attached hydrogen (secondary N) is 1. The van der Waals surface area contributed by atoms with Crippen LogP contribution in [0.15, 0.2) is 0 Å². The van der Waals surface area contributed by atoms with Gasteiger partial charge in [0.05, 0.1) is 12.7 Å². The van der Waals surface area contributed by atoms with E-state index in [1.54, 1.807) is 4.90 Å². The molecule has 0 saturated carbocycles. The SMILES string of the molecule is CCCC1NCC(=O)N1CCCCC(F)(F)F. The molecule has 0 bridgehead atoms. The average Bonchev–Trinajstić information content (AvgIpc) is 2.55. The summed E-state index contributed by atoms with van der Waals surface area (Å²) in [4.78, 5) is 13.2. The molecule has 0 aliphatic carbocycles. The lowest BCUT2D eigenvalue weighted by atomic mass is 10.2. The molecule has 6 heteroatoms. The highest BCUT2D eigenvalue weighted by Crippen LogP contribution is 2.22. The normalized spacial score (nSPS) is 21.3. The first-order chi connectivity index (χ1) is 7.94. The van der Waals surface area contributed by atoms with E-state index in [1.165, 1.54) is 0 Å². The molecular weight excluding hydrogens is 233 g/mol. The fraction of sp³-hybridized carbons (Fsp3) is 0.909. The third-order valence-electron chi connectivity index (χ3n) is 2.86. The van der Waals surface area contributed by atoms with Gasteiger partial charge in [-0.05, 0) is 19.3 Å². The van der Waals surface area contributed by atoms with Crippen molar-refractivity contribution >= 4 is 5.91 Å². The molecular formula is C11H19F3N2O. The topological polar surface area (TPSA) is 32.3 Å². The first kappa shape index (κ1) is 14.3. The first-order valence-electron chi connectivity index (χ1n) is 6.03. The summed E-state index contributed by atoms with van der Waals surface area (Å²) >= 11 is 0. The van der Waals surface area contributed by atoms with Gasteiger partial charge in [-0.25, -0.2) is 0 Å². The maximum Gasteiger partial charge on any atom is 0.389 e. The van der Waals surface area contributed by atoms with Gasteiger partial charge in [0.2, 0.25) is 5.91 Å². The van der Waals surface area contributed by atoms with Gasteiger partial charge in [-0.15, -0.1) is 0 Å². The second-order valence-corrected chi connectivity index (χ2v) is 4.34. The predicted octanol–water partition coefficient (Wildman–Crippen LogP) is 2.28. The van der Waals surface area contributed by atoms with Crippen molar-refractivity contribution in [1.29, 1.82) is 0 Å². The zero-order valence-electron chi connectivity index (χ0n) is 10.0. The third-order valence-corrected chi connectivity index (χ3v) is 2.86. The van der Waals surface area contributed by atoms with Gasteiger partial charge in [0.1, 0.15) is 0 Å². The fourth-order valence-corrected chi connectivity index (χ4v) is 2.01.